The number of carbonyl (C=O) groups excluding carboxylic acids is 1. The van der Waals surface area contributed by atoms with Gasteiger partial charge in [-0.3, -0.25) is 4.79 Å². The van der Waals surface area contributed by atoms with Gasteiger partial charge in [-0.2, -0.15) is 0 Å². The Kier molecular flexibility index (Phi) is 4.13. The van der Waals surface area contributed by atoms with Gasteiger partial charge in [-0.25, -0.2) is 8.42 Å². The van der Waals surface area contributed by atoms with Crippen LogP contribution in [0.15, 0.2) is 0 Å². The van der Waals surface area contributed by atoms with Crippen LogP contribution in [0.25, 0.3) is 0 Å². The van der Waals surface area contributed by atoms with E-state index in [9.17, 15) is 13.2 Å². The summed E-state index contributed by atoms with van der Waals surface area (Å²) in [7, 11) is -2.78. The van der Waals surface area contributed by atoms with Gasteiger partial charge in [0, 0.05) is 12.5 Å². The third kappa shape index (κ3) is 4.20. The van der Waals surface area contributed by atoms with E-state index in [2.05, 4.69) is 5.32 Å². The Bertz CT molecular complexity index is 322. The Hall–Kier alpha value is -0.580. The highest BCUT2D eigenvalue weighted by Gasteiger charge is 2.27. The number of sulfone groups is 1. The molecule has 1 saturated heterocycles. The monoisotopic (exact) mass is 233 g/mol. The fraction of sp³-hybridized carbons (Fsp3) is 0.900. The van der Waals surface area contributed by atoms with Crippen molar-refractivity contribution in [2.75, 3.05) is 18.1 Å². The predicted molar refractivity (Wildman–Crippen MR) is 59.2 cm³/mol. The largest absolute Gasteiger partial charge is 0.356 e. The summed E-state index contributed by atoms with van der Waals surface area (Å²) in [5.41, 5.74) is 0. The predicted octanol–water partition coefficient (Wildman–Crippen LogP) is 0.583. The highest BCUT2D eigenvalue weighted by molar-refractivity contribution is 7.91. The lowest BCUT2D eigenvalue weighted by Gasteiger charge is -2.10. The molecule has 0 saturated carbocycles. The molecule has 0 aromatic rings. The first-order valence-corrected chi connectivity index (χ1v) is 7.21. The van der Waals surface area contributed by atoms with Crippen LogP contribution in [-0.2, 0) is 14.6 Å². The van der Waals surface area contributed by atoms with Gasteiger partial charge < -0.3 is 5.32 Å². The van der Waals surface area contributed by atoms with Crippen molar-refractivity contribution < 1.29 is 13.2 Å². The fourth-order valence-corrected chi connectivity index (χ4v) is 3.61. The van der Waals surface area contributed by atoms with Gasteiger partial charge in [0.05, 0.1) is 11.5 Å². The minimum absolute atomic E-state index is 0.00249. The summed E-state index contributed by atoms with van der Waals surface area (Å²) in [5.74, 6) is 0.885. The van der Waals surface area contributed by atoms with Gasteiger partial charge in [-0.15, -0.1) is 0 Å². The molecular weight excluding hydrogens is 214 g/mol. The molecule has 0 aromatic carbocycles. The zero-order valence-electron chi connectivity index (χ0n) is 9.32. The number of rotatable bonds is 4. The van der Waals surface area contributed by atoms with E-state index in [1.807, 2.05) is 13.8 Å². The molecule has 15 heavy (non-hydrogen) atoms. The maximum Gasteiger partial charge on any atom is 0.222 e. The minimum atomic E-state index is -2.78. The van der Waals surface area contributed by atoms with Crippen LogP contribution >= 0.6 is 0 Å². The molecule has 5 heteroatoms. The second-order valence-corrected chi connectivity index (χ2v) is 6.73. The van der Waals surface area contributed by atoms with E-state index in [1.54, 1.807) is 0 Å². The number of hydrogen-bond acceptors (Lipinski definition) is 3. The SMILES string of the molecule is CC(C)C(=O)NCCC1CCS(=O)(=O)C1. The zero-order chi connectivity index (χ0) is 11.5. The summed E-state index contributed by atoms with van der Waals surface area (Å²) in [4.78, 5) is 11.2. The molecule has 0 spiro atoms. The van der Waals surface area contributed by atoms with Gasteiger partial charge in [0.25, 0.3) is 0 Å². The molecule has 1 aliphatic rings. The van der Waals surface area contributed by atoms with Crippen LogP contribution in [0.1, 0.15) is 26.7 Å². The molecule has 0 aromatic heterocycles. The molecule has 0 bridgehead atoms. The van der Waals surface area contributed by atoms with Gasteiger partial charge in [-0.1, -0.05) is 13.8 Å². The van der Waals surface area contributed by atoms with E-state index in [0.717, 1.165) is 12.8 Å². The lowest BCUT2D eigenvalue weighted by atomic mass is 10.1. The summed E-state index contributed by atoms with van der Waals surface area (Å²) >= 11 is 0. The summed E-state index contributed by atoms with van der Waals surface area (Å²) < 4.78 is 22.3. The van der Waals surface area contributed by atoms with E-state index in [0.29, 0.717) is 18.1 Å². The number of amides is 1. The van der Waals surface area contributed by atoms with E-state index < -0.39 is 9.84 Å². The van der Waals surface area contributed by atoms with E-state index >= 15 is 0 Å². The summed E-state index contributed by atoms with van der Waals surface area (Å²) in [5, 5.41) is 2.80. The fourth-order valence-electron chi connectivity index (χ4n) is 1.70. The Morgan fingerprint density at radius 2 is 2.13 bits per heavy atom. The van der Waals surface area contributed by atoms with Crippen molar-refractivity contribution in [2.45, 2.75) is 26.7 Å². The molecule has 0 radical (unpaired) electrons. The van der Waals surface area contributed by atoms with Crippen molar-refractivity contribution >= 4 is 15.7 Å². The van der Waals surface area contributed by atoms with Crippen LogP contribution in [0.3, 0.4) is 0 Å². The third-order valence-electron chi connectivity index (χ3n) is 2.70. The van der Waals surface area contributed by atoms with E-state index in [-0.39, 0.29) is 17.7 Å². The highest BCUT2D eigenvalue weighted by atomic mass is 32.2. The summed E-state index contributed by atoms with van der Waals surface area (Å²) in [6, 6.07) is 0. The molecule has 1 fully saturated rings. The average molecular weight is 233 g/mol. The molecule has 1 N–H and O–H groups in total. The normalized spacial score (nSPS) is 24.3. The van der Waals surface area contributed by atoms with Crippen LogP contribution in [0, 0.1) is 11.8 Å². The average Bonchev–Trinajstić information content (AvgIpc) is 2.45. The molecule has 1 heterocycles. The molecular formula is C10H19NO3S. The summed E-state index contributed by atoms with van der Waals surface area (Å²) in [6.07, 6.45) is 1.53. The second kappa shape index (κ2) is 4.96. The first kappa shape index (κ1) is 12.5. The summed E-state index contributed by atoms with van der Waals surface area (Å²) in [6.45, 7) is 4.28. The first-order chi connectivity index (χ1) is 6.91. The highest BCUT2D eigenvalue weighted by Crippen LogP contribution is 2.20. The van der Waals surface area contributed by atoms with Crippen molar-refractivity contribution in [2.24, 2.45) is 11.8 Å². The topological polar surface area (TPSA) is 63.2 Å². The molecule has 0 aliphatic carbocycles. The molecule has 4 nitrogen and oxygen atoms in total. The lowest BCUT2D eigenvalue weighted by molar-refractivity contribution is -0.124. The van der Waals surface area contributed by atoms with Gasteiger partial charge in [0.1, 0.15) is 0 Å². The van der Waals surface area contributed by atoms with Gasteiger partial charge in [0.2, 0.25) is 5.91 Å². The molecule has 1 rings (SSSR count). The van der Waals surface area contributed by atoms with Crippen LogP contribution in [-0.4, -0.2) is 32.4 Å². The second-order valence-electron chi connectivity index (χ2n) is 4.50. The van der Waals surface area contributed by atoms with Crippen molar-refractivity contribution in [1.82, 2.24) is 5.32 Å². The molecule has 1 unspecified atom stereocenters. The minimum Gasteiger partial charge on any atom is -0.356 e. The number of nitrogens with one attached hydrogen (secondary N) is 1. The van der Waals surface area contributed by atoms with E-state index in [4.69, 9.17) is 0 Å². The molecule has 88 valence electrons. The van der Waals surface area contributed by atoms with E-state index in [1.165, 1.54) is 0 Å². The number of carbonyl (C=O) groups is 1. The van der Waals surface area contributed by atoms with Crippen molar-refractivity contribution in [3.63, 3.8) is 0 Å². The van der Waals surface area contributed by atoms with Gasteiger partial charge >= 0.3 is 0 Å². The maximum atomic E-state index is 11.2. The Labute approximate surface area is 91.4 Å². The molecule has 1 atom stereocenters. The maximum absolute atomic E-state index is 11.2. The van der Waals surface area contributed by atoms with Crippen LogP contribution in [0.5, 0.6) is 0 Å². The first-order valence-electron chi connectivity index (χ1n) is 5.39. The van der Waals surface area contributed by atoms with Crippen LogP contribution in [0.2, 0.25) is 0 Å². The van der Waals surface area contributed by atoms with Crippen LogP contribution < -0.4 is 5.32 Å². The molecule has 1 amide bonds. The van der Waals surface area contributed by atoms with Crippen LogP contribution in [0.4, 0.5) is 0 Å². The standard InChI is InChI=1S/C10H19NO3S/c1-8(2)10(12)11-5-3-9-4-6-15(13,14)7-9/h8-9H,3-7H2,1-2H3,(H,11,12). The van der Waals surface area contributed by atoms with Crippen molar-refractivity contribution in [3.8, 4) is 0 Å². The van der Waals surface area contributed by atoms with Gasteiger partial charge in [-0.05, 0) is 18.8 Å². The van der Waals surface area contributed by atoms with Crippen molar-refractivity contribution in [1.29, 1.82) is 0 Å². The lowest BCUT2D eigenvalue weighted by Crippen LogP contribution is -2.29. The quantitative estimate of drug-likeness (QED) is 0.772. The Balaban J connectivity index is 2.20. The van der Waals surface area contributed by atoms with Crippen molar-refractivity contribution in [3.05, 3.63) is 0 Å². The van der Waals surface area contributed by atoms with Gasteiger partial charge in [0.15, 0.2) is 9.84 Å². The third-order valence-corrected chi connectivity index (χ3v) is 4.54. The zero-order valence-corrected chi connectivity index (χ0v) is 10.1. The number of hydrogen-bond donors (Lipinski definition) is 1. The molecule has 1 aliphatic heterocycles. The Morgan fingerprint density at radius 1 is 1.47 bits per heavy atom. The Morgan fingerprint density at radius 3 is 2.60 bits per heavy atom. The smallest absolute Gasteiger partial charge is 0.222 e.